The highest BCUT2D eigenvalue weighted by Gasteiger charge is 2.20. The third-order valence-corrected chi connectivity index (χ3v) is 2.87. The first kappa shape index (κ1) is 15.6. The minimum Gasteiger partial charge on any atom is -0.462 e. The zero-order valence-corrected chi connectivity index (χ0v) is 12.4. The normalized spacial score (nSPS) is 10.1. The summed E-state index contributed by atoms with van der Waals surface area (Å²) in [4.78, 5) is 32.3. The molecule has 0 aliphatic rings. The minimum absolute atomic E-state index is 0.250. The lowest BCUT2D eigenvalue weighted by Crippen LogP contribution is -2.11. The lowest BCUT2D eigenvalue weighted by atomic mass is 10.0. The van der Waals surface area contributed by atoms with E-state index in [4.69, 9.17) is 9.47 Å². The molecule has 22 heavy (non-hydrogen) atoms. The van der Waals surface area contributed by atoms with Crippen molar-refractivity contribution < 1.29 is 19.1 Å². The Labute approximate surface area is 128 Å². The maximum atomic E-state index is 12.1. The fourth-order valence-corrected chi connectivity index (χ4v) is 1.97. The van der Waals surface area contributed by atoms with Crippen LogP contribution in [0.15, 0.2) is 36.8 Å². The summed E-state index contributed by atoms with van der Waals surface area (Å²) >= 11 is 0. The Bertz CT molecular complexity index is 626. The van der Waals surface area contributed by atoms with Gasteiger partial charge in [-0.2, -0.15) is 0 Å². The van der Waals surface area contributed by atoms with Crippen LogP contribution in [0.2, 0.25) is 0 Å². The van der Waals surface area contributed by atoms with Crippen molar-refractivity contribution in [1.82, 2.24) is 9.97 Å². The predicted octanol–water partition coefficient (Wildman–Crippen LogP) is 2.50. The standard InChI is InChI=1S/C16H16N2O4/c1-3-21-15(19)12-6-5-8-18-14(12)11-7-9-17-10-13(11)16(20)22-4-2/h5-10H,3-4H2,1-2H3. The van der Waals surface area contributed by atoms with E-state index in [0.29, 0.717) is 16.8 Å². The highest BCUT2D eigenvalue weighted by molar-refractivity contribution is 6.01. The Kier molecular flexibility index (Phi) is 5.19. The summed E-state index contributed by atoms with van der Waals surface area (Å²) in [5.41, 5.74) is 1.40. The first-order chi connectivity index (χ1) is 10.7. The molecule has 0 fully saturated rings. The SMILES string of the molecule is CCOC(=O)c1cnccc1-c1ncccc1C(=O)OCC. The predicted molar refractivity (Wildman–Crippen MR) is 79.4 cm³/mol. The number of hydrogen-bond acceptors (Lipinski definition) is 6. The quantitative estimate of drug-likeness (QED) is 0.789. The highest BCUT2D eigenvalue weighted by Crippen LogP contribution is 2.25. The Morgan fingerprint density at radius 2 is 1.68 bits per heavy atom. The van der Waals surface area contributed by atoms with Crippen LogP contribution in [0.5, 0.6) is 0 Å². The Morgan fingerprint density at radius 1 is 1.00 bits per heavy atom. The molecule has 0 aliphatic heterocycles. The average Bonchev–Trinajstić information content (AvgIpc) is 2.55. The fraction of sp³-hybridized carbons (Fsp3) is 0.250. The van der Waals surface area contributed by atoms with Crippen molar-refractivity contribution in [3.8, 4) is 11.3 Å². The number of nitrogens with zero attached hydrogens (tertiary/aromatic N) is 2. The van der Waals surface area contributed by atoms with E-state index in [0.717, 1.165) is 0 Å². The third-order valence-electron chi connectivity index (χ3n) is 2.87. The molecule has 6 heteroatoms. The van der Waals surface area contributed by atoms with Crippen molar-refractivity contribution >= 4 is 11.9 Å². The topological polar surface area (TPSA) is 78.4 Å². The van der Waals surface area contributed by atoms with E-state index in [1.54, 1.807) is 38.2 Å². The van der Waals surface area contributed by atoms with Crippen molar-refractivity contribution in [2.24, 2.45) is 0 Å². The van der Waals surface area contributed by atoms with Gasteiger partial charge in [0.05, 0.1) is 30.0 Å². The van der Waals surface area contributed by atoms with Crippen LogP contribution in [0.25, 0.3) is 11.3 Å². The molecule has 6 nitrogen and oxygen atoms in total. The van der Waals surface area contributed by atoms with Gasteiger partial charge in [0.15, 0.2) is 0 Å². The molecule has 0 atom stereocenters. The number of rotatable bonds is 5. The van der Waals surface area contributed by atoms with E-state index < -0.39 is 11.9 Å². The van der Waals surface area contributed by atoms with Gasteiger partial charge in [-0.25, -0.2) is 9.59 Å². The van der Waals surface area contributed by atoms with Crippen LogP contribution in [0.4, 0.5) is 0 Å². The zero-order valence-electron chi connectivity index (χ0n) is 12.4. The van der Waals surface area contributed by atoms with Crippen LogP contribution in [0.1, 0.15) is 34.6 Å². The van der Waals surface area contributed by atoms with E-state index in [2.05, 4.69) is 9.97 Å². The van der Waals surface area contributed by atoms with Gasteiger partial charge < -0.3 is 9.47 Å². The van der Waals surface area contributed by atoms with Gasteiger partial charge in [0.25, 0.3) is 0 Å². The number of esters is 2. The Balaban J connectivity index is 2.53. The molecule has 0 unspecified atom stereocenters. The Morgan fingerprint density at radius 3 is 2.36 bits per heavy atom. The first-order valence-corrected chi connectivity index (χ1v) is 6.92. The summed E-state index contributed by atoms with van der Waals surface area (Å²) in [5.74, 6) is -0.997. The molecule has 2 aromatic heterocycles. The summed E-state index contributed by atoms with van der Waals surface area (Å²) in [5, 5.41) is 0. The molecule has 0 spiro atoms. The molecular weight excluding hydrogens is 284 g/mol. The number of aromatic nitrogens is 2. The summed E-state index contributed by atoms with van der Waals surface area (Å²) in [7, 11) is 0. The van der Waals surface area contributed by atoms with Gasteiger partial charge in [0.1, 0.15) is 0 Å². The molecule has 0 radical (unpaired) electrons. The monoisotopic (exact) mass is 300 g/mol. The van der Waals surface area contributed by atoms with E-state index in [-0.39, 0.29) is 18.8 Å². The van der Waals surface area contributed by atoms with Gasteiger partial charge in [0.2, 0.25) is 0 Å². The minimum atomic E-state index is -0.508. The van der Waals surface area contributed by atoms with Gasteiger partial charge in [-0.05, 0) is 32.0 Å². The molecule has 0 N–H and O–H groups in total. The summed E-state index contributed by atoms with van der Waals surface area (Å²) in [6, 6.07) is 4.87. The summed E-state index contributed by atoms with van der Waals surface area (Å²) in [6.45, 7) is 3.96. The maximum absolute atomic E-state index is 12.1. The second-order valence-electron chi connectivity index (χ2n) is 4.26. The van der Waals surface area contributed by atoms with Crippen LogP contribution < -0.4 is 0 Å². The smallest absolute Gasteiger partial charge is 0.340 e. The Hall–Kier alpha value is -2.76. The number of pyridine rings is 2. The number of ether oxygens (including phenoxy) is 2. The molecule has 2 rings (SSSR count). The lowest BCUT2D eigenvalue weighted by Gasteiger charge is -2.11. The third kappa shape index (κ3) is 3.28. The fourth-order valence-electron chi connectivity index (χ4n) is 1.97. The molecule has 114 valence electrons. The van der Waals surface area contributed by atoms with Crippen LogP contribution in [-0.4, -0.2) is 35.1 Å². The molecule has 0 amide bonds. The van der Waals surface area contributed by atoms with E-state index in [9.17, 15) is 9.59 Å². The maximum Gasteiger partial charge on any atom is 0.340 e. The van der Waals surface area contributed by atoms with Crippen molar-refractivity contribution in [1.29, 1.82) is 0 Å². The van der Waals surface area contributed by atoms with Gasteiger partial charge >= 0.3 is 11.9 Å². The number of carbonyl (C=O) groups excluding carboxylic acids is 2. The molecule has 0 saturated carbocycles. The van der Waals surface area contributed by atoms with Crippen molar-refractivity contribution in [2.45, 2.75) is 13.8 Å². The van der Waals surface area contributed by atoms with Gasteiger partial charge in [0, 0.05) is 24.2 Å². The van der Waals surface area contributed by atoms with Crippen molar-refractivity contribution in [3.05, 3.63) is 47.9 Å². The van der Waals surface area contributed by atoms with Crippen LogP contribution >= 0.6 is 0 Å². The largest absolute Gasteiger partial charge is 0.462 e. The number of carbonyl (C=O) groups is 2. The molecule has 2 aromatic rings. The second-order valence-corrected chi connectivity index (χ2v) is 4.26. The highest BCUT2D eigenvalue weighted by atomic mass is 16.5. The van der Waals surface area contributed by atoms with E-state index in [1.165, 1.54) is 12.4 Å². The molecule has 0 bridgehead atoms. The zero-order chi connectivity index (χ0) is 15.9. The number of hydrogen-bond donors (Lipinski definition) is 0. The second kappa shape index (κ2) is 7.31. The average molecular weight is 300 g/mol. The van der Waals surface area contributed by atoms with Gasteiger partial charge in [-0.3, -0.25) is 9.97 Å². The molecule has 0 saturated heterocycles. The van der Waals surface area contributed by atoms with Crippen LogP contribution in [0, 0.1) is 0 Å². The van der Waals surface area contributed by atoms with E-state index >= 15 is 0 Å². The summed E-state index contributed by atoms with van der Waals surface area (Å²) in [6.07, 6.45) is 4.48. The van der Waals surface area contributed by atoms with Gasteiger partial charge in [-0.15, -0.1) is 0 Å². The van der Waals surface area contributed by atoms with Crippen molar-refractivity contribution in [2.75, 3.05) is 13.2 Å². The van der Waals surface area contributed by atoms with Gasteiger partial charge in [-0.1, -0.05) is 0 Å². The van der Waals surface area contributed by atoms with Crippen LogP contribution in [-0.2, 0) is 9.47 Å². The van der Waals surface area contributed by atoms with E-state index in [1.807, 2.05) is 0 Å². The first-order valence-electron chi connectivity index (χ1n) is 6.92. The molecule has 0 aliphatic carbocycles. The van der Waals surface area contributed by atoms with Crippen LogP contribution in [0.3, 0.4) is 0 Å². The summed E-state index contributed by atoms with van der Waals surface area (Å²) < 4.78 is 10.0. The molecular formula is C16H16N2O4. The lowest BCUT2D eigenvalue weighted by molar-refractivity contribution is 0.0514. The molecule has 0 aromatic carbocycles. The van der Waals surface area contributed by atoms with Crippen molar-refractivity contribution in [3.63, 3.8) is 0 Å². The molecule has 2 heterocycles.